The molecule has 21 heavy (non-hydrogen) atoms. The van der Waals surface area contributed by atoms with Crippen LogP contribution in [0.15, 0.2) is 36.4 Å². The van der Waals surface area contributed by atoms with Crippen molar-refractivity contribution in [1.82, 2.24) is 10.3 Å². The van der Waals surface area contributed by atoms with E-state index in [1.807, 2.05) is 38.1 Å². The molecule has 0 bridgehead atoms. The van der Waals surface area contributed by atoms with Gasteiger partial charge in [0.05, 0.1) is 6.04 Å². The third-order valence-electron chi connectivity index (χ3n) is 3.31. The van der Waals surface area contributed by atoms with Gasteiger partial charge in [0.25, 0.3) is 5.91 Å². The predicted octanol–water partition coefficient (Wildman–Crippen LogP) is 3.58. The van der Waals surface area contributed by atoms with Crippen molar-refractivity contribution >= 4 is 23.3 Å². The molecule has 0 aliphatic heterocycles. The Labute approximate surface area is 129 Å². The number of aromatic nitrogens is 1. The first-order valence-corrected chi connectivity index (χ1v) is 7.11. The van der Waals surface area contributed by atoms with Gasteiger partial charge in [-0.3, -0.25) is 4.79 Å². The fraction of sp³-hybridized carbons (Fsp3) is 0.250. The minimum atomic E-state index is -0.174. The number of hydrogen-bond acceptors (Lipinski definition) is 3. The summed E-state index contributed by atoms with van der Waals surface area (Å²) in [6.07, 6.45) is 0. The molecule has 0 aliphatic carbocycles. The summed E-state index contributed by atoms with van der Waals surface area (Å²) < 4.78 is 0. The number of hydrogen-bond donors (Lipinski definition) is 2. The summed E-state index contributed by atoms with van der Waals surface area (Å²) in [6, 6.07) is 11.1. The molecule has 2 rings (SSSR count). The minimum Gasteiger partial charge on any atom is -0.373 e. The molecule has 5 heteroatoms. The number of rotatable bonds is 4. The van der Waals surface area contributed by atoms with E-state index in [9.17, 15) is 4.79 Å². The minimum absolute atomic E-state index is 0.0799. The third-order valence-corrected chi connectivity index (χ3v) is 3.51. The normalized spacial score (nSPS) is 11.8. The van der Waals surface area contributed by atoms with Crippen molar-refractivity contribution in [2.45, 2.75) is 19.9 Å². The van der Waals surface area contributed by atoms with Crippen LogP contribution >= 0.6 is 11.6 Å². The number of carbonyl (C=O) groups is 1. The maximum absolute atomic E-state index is 12.3. The smallest absolute Gasteiger partial charge is 0.251 e. The average molecular weight is 304 g/mol. The van der Waals surface area contributed by atoms with Gasteiger partial charge >= 0.3 is 0 Å². The molecule has 0 radical (unpaired) electrons. The Morgan fingerprint density at radius 3 is 2.67 bits per heavy atom. The largest absolute Gasteiger partial charge is 0.373 e. The molecule has 1 aromatic heterocycles. The van der Waals surface area contributed by atoms with Crippen molar-refractivity contribution in [3.8, 4) is 0 Å². The molecule has 0 spiro atoms. The van der Waals surface area contributed by atoms with E-state index >= 15 is 0 Å². The van der Waals surface area contributed by atoms with Gasteiger partial charge in [0.1, 0.15) is 11.0 Å². The first kappa shape index (κ1) is 15.3. The van der Waals surface area contributed by atoms with Crippen LogP contribution in [-0.2, 0) is 0 Å². The monoisotopic (exact) mass is 303 g/mol. The van der Waals surface area contributed by atoms with Gasteiger partial charge in [0.2, 0.25) is 0 Å². The van der Waals surface area contributed by atoms with E-state index in [4.69, 9.17) is 11.6 Å². The second kappa shape index (κ2) is 6.59. The van der Waals surface area contributed by atoms with Crippen LogP contribution in [0, 0.1) is 6.92 Å². The van der Waals surface area contributed by atoms with Gasteiger partial charge in [-0.1, -0.05) is 35.9 Å². The quantitative estimate of drug-likeness (QED) is 0.849. The van der Waals surface area contributed by atoms with Crippen molar-refractivity contribution in [2.75, 3.05) is 12.4 Å². The number of carbonyl (C=O) groups excluding carboxylic acids is 1. The summed E-state index contributed by atoms with van der Waals surface area (Å²) in [5, 5.41) is 6.15. The van der Waals surface area contributed by atoms with Crippen molar-refractivity contribution in [3.63, 3.8) is 0 Å². The van der Waals surface area contributed by atoms with Gasteiger partial charge in [-0.05, 0) is 37.1 Å². The van der Waals surface area contributed by atoms with E-state index in [1.54, 1.807) is 19.2 Å². The number of anilines is 1. The molecule has 1 heterocycles. The second-order valence-corrected chi connectivity index (χ2v) is 5.25. The van der Waals surface area contributed by atoms with Crippen LogP contribution in [0.25, 0.3) is 0 Å². The molecular weight excluding hydrogens is 286 g/mol. The van der Waals surface area contributed by atoms with Crippen LogP contribution in [-0.4, -0.2) is 17.9 Å². The first-order valence-electron chi connectivity index (χ1n) is 6.73. The van der Waals surface area contributed by atoms with E-state index in [2.05, 4.69) is 15.6 Å². The highest BCUT2D eigenvalue weighted by Crippen LogP contribution is 2.19. The Morgan fingerprint density at radius 2 is 2.00 bits per heavy atom. The van der Waals surface area contributed by atoms with Crippen LogP contribution in [0.5, 0.6) is 0 Å². The lowest BCUT2D eigenvalue weighted by molar-refractivity contribution is 0.0940. The SMILES string of the molecule is CNc1cc(C(=O)NC(C)c2ccccc2C)cc(Cl)n1. The summed E-state index contributed by atoms with van der Waals surface area (Å²) in [7, 11) is 1.73. The van der Waals surface area contributed by atoms with Crippen LogP contribution in [0.2, 0.25) is 5.15 Å². The summed E-state index contributed by atoms with van der Waals surface area (Å²) in [4.78, 5) is 16.4. The molecule has 2 aromatic rings. The van der Waals surface area contributed by atoms with Gasteiger partial charge < -0.3 is 10.6 Å². The fourth-order valence-electron chi connectivity index (χ4n) is 2.19. The number of pyridine rings is 1. The molecule has 1 unspecified atom stereocenters. The van der Waals surface area contributed by atoms with Crippen molar-refractivity contribution in [3.05, 3.63) is 58.2 Å². The topological polar surface area (TPSA) is 54.0 Å². The maximum atomic E-state index is 12.3. The average Bonchev–Trinajstić information content (AvgIpc) is 2.46. The zero-order valence-electron chi connectivity index (χ0n) is 12.3. The number of aryl methyl sites for hydroxylation is 1. The lowest BCUT2D eigenvalue weighted by atomic mass is 10.0. The highest BCUT2D eigenvalue weighted by Gasteiger charge is 2.14. The zero-order chi connectivity index (χ0) is 15.4. The van der Waals surface area contributed by atoms with Gasteiger partial charge in [-0.15, -0.1) is 0 Å². The molecule has 0 saturated carbocycles. The third kappa shape index (κ3) is 3.73. The van der Waals surface area contributed by atoms with E-state index in [0.717, 1.165) is 11.1 Å². The predicted molar refractivity (Wildman–Crippen MR) is 85.9 cm³/mol. The molecular formula is C16H18ClN3O. The molecule has 1 aromatic carbocycles. The van der Waals surface area contributed by atoms with Crippen LogP contribution < -0.4 is 10.6 Å². The van der Waals surface area contributed by atoms with E-state index in [0.29, 0.717) is 11.4 Å². The summed E-state index contributed by atoms with van der Waals surface area (Å²) in [5.41, 5.74) is 2.73. The molecule has 1 amide bonds. The van der Waals surface area contributed by atoms with Crippen LogP contribution in [0.3, 0.4) is 0 Å². The van der Waals surface area contributed by atoms with E-state index in [-0.39, 0.29) is 17.1 Å². The van der Waals surface area contributed by atoms with Crippen LogP contribution in [0.1, 0.15) is 34.5 Å². The standard InChI is InChI=1S/C16H18ClN3O/c1-10-6-4-5-7-13(10)11(2)19-16(21)12-8-14(17)20-15(9-12)18-3/h4-9,11H,1-3H3,(H,18,20)(H,19,21). The van der Waals surface area contributed by atoms with Crippen molar-refractivity contribution in [2.24, 2.45) is 0 Å². The molecule has 1 atom stereocenters. The Morgan fingerprint density at radius 1 is 1.29 bits per heavy atom. The Balaban J connectivity index is 2.18. The van der Waals surface area contributed by atoms with E-state index < -0.39 is 0 Å². The summed E-state index contributed by atoms with van der Waals surface area (Å²) in [5.74, 6) is 0.391. The van der Waals surface area contributed by atoms with E-state index in [1.165, 1.54) is 0 Å². The molecule has 2 N–H and O–H groups in total. The number of amides is 1. The van der Waals surface area contributed by atoms with Crippen molar-refractivity contribution < 1.29 is 4.79 Å². The Kier molecular flexibility index (Phi) is 4.81. The first-order chi connectivity index (χ1) is 10.0. The molecule has 0 fully saturated rings. The van der Waals surface area contributed by atoms with Gasteiger partial charge in [0, 0.05) is 12.6 Å². The highest BCUT2D eigenvalue weighted by atomic mass is 35.5. The molecule has 0 saturated heterocycles. The van der Waals surface area contributed by atoms with Gasteiger partial charge in [-0.25, -0.2) is 4.98 Å². The Bertz CT molecular complexity index is 658. The molecule has 110 valence electrons. The number of benzene rings is 1. The van der Waals surface area contributed by atoms with Crippen LogP contribution in [0.4, 0.5) is 5.82 Å². The second-order valence-electron chi connectivity index (χ2n) is 4.87. The summed E-state index contributed by atoms with van der Waals surface area (Å²) >= 11 is 5.92. The van der Waals surface area contributed by atoms with Crippen molar-refractivity contribution in [1.29, 1.82) is 0 Å². The molecule has 4 nitrogen and oxygen atoms in total. The highest BCUT2D eigenvalue weighted by molar-refractivity contribution is 6.29. The number of nitrogens with zero attached hydrogens (tertiary/aromatic N) is 1. The lowest BCUT2D eigenvalue weighted by Crippen LogP contribution is -2.27. The van der Waals surface area contributed by atoms with Gasteiger partial charge in [0.15, 0.2) is 0 Å². The molecule has 0 aliphatic rings. The fourth-order valence-corrected chi connectivity index (χ4v) is 2.40. The summed E-state index contributed by atoms with van der Waals surface area (Å²) in [6.45, 7) is 3.99. The number of halogens is 1. The lowest BCUT2D eigenvalue weighted by Gasteiger charge is -2.17. The maximum Gasteiger partial charge on any atom is 0.251 e. The van der Waals surface area contributed by atoms with Gasteiger partial charge in [-0.2, -0.15) is 0 Å². The number of nitrogens with one attached hydrogen (secondary N) is 2. The zero-order valence-corrected chi connectivity index (χ0v) is 13.0. The Hall–Kier alpha value is -2.07.